The van der Waals surface area contributed by atoms with Crippen LogP contribution in [0.5, 0.6) is 0 Å². The van der Waals surface area contributed by atoms with Crippen molar-refractivity contribution in [3.8, 4) is 0 Å². The SMILES string of the molecule is CC(CCC(O)C(C)(C)O)C1C(O)CC2(C(=O)O)C3CCC4C(C)(C)C(=O)CCC45CC35CCC12C. The summed E-state index contributed by atoms with van der Waals surface area (Å²) in [4.78, 5) is 26.3. The molecule has 0 radical (unpaired) electrons. The monoisotopic (exact) mass is 504 g/mol. The van der Waals surface area contributed by atoms with Crippen LogP contribution in [-0.4, -0.2) is 50.0 Å². The smallest absolute Gasteiger partial charge is 0.310 e. The predicted octanol–water partition coefficient (Wildman–Crippen LogP) is 4.58. The molecule has 0 aliphatic heterocycles. The molecule has 0 bridgehead atoms. The van der Waals surface area contributed by atoms with Crippen molar-refractivity contribution in [2.75, 3.05) is 0 Å². The molecule has 10 atom stereocenters. The Morgan fingerprint density at radius 3 is 2.28 bits per heavy atom. The van der Waals surface area contributed by atoms with Crippen molar-refractivity contribution in [2.24, 2.45) is 50.7 Å². The molecule has 0 amide bonds. The van der Waals surface area contributed by atoms with Gasteiger partial charge in [-0.05, 0) is 112 Å². The highest BCUT2D eigenvalue weighted by Crippen LogP contribution is 2.88. The summed E-state index contributed by atoms with van der Waals surface area (Å²) in [7, 11) is 0. The largest absolute Gasteiger partial charge is 0.481 e. The van der Waals surface area contributed by atoms with Crippen LogP contribution >= 0.6 is 0 Å². The molecule has 10 unspecified atom stereocenters. The van der Waals surface area contributed by atoms with Gasteiger partial charge in [0.15, 0.2) is 0 Å². The molecule has 0 heterocycles. The standard InChI is InChI=1S/C30H48O6/c1-17(7-10-22(33)26(4,5)36)23-18(31)15-30(24(34)35)20-9-8-19-25(2,3)21(32)11-12-28(19)16-29(20,28)14-13-27(23,30)6/h17-20,22-23,31,33,36H,7-16H2,1-6H3,(H,34,35). The Labute approximate surface area is 216 Å². The van der Waals surface area contributed by atoms with E-state index in [0.29, 0.717) is 37.4 Å². The summed E-state index contributed by atoms with van der Waals surface area (Å²) < 4.78 is 0. The number of Topliss-reactive ketones (excluding diaryl/α,β-unsaturated/α-hetero) is 1. The Hall–Kier alpha value is -0.980. The van der Waals surface area contributed by atoms with E-state index in [0.717, 1.165) is 38.5 Å². The number of carbonyl (C=O) groups is 2. The number of rotatable bonds is 6. The van der Waals surface area contributed by atoms with Gasteiger partial charge in [0.25, 0.3) is 0 Å². The first-order valence-corrected chi connectivity index (χ1v) is 14.4. The molecule has 2 spiro atoms. The molecule has 5 rings (SSSR count). The summed E-state index contributed by atoms with van der Waals surface area (Å²) in [5, 5.41) is 43.1. The normalized spacial score (nSPS) is 48.8. The Morgan fingerprint density at radius 1 is 1.06 bits per heavy atom. The van der Waals surface area contributed by atoms with Gasteiger partial charge >= 0.3 is 5.97 Å². The van der Waals surface area contributed by atoms with Gasteiger partial charge in [-0.3, -0.25) is 9.59 Å². The number of carboxylic acid groups (broad SMARTS) is 1. The van der Waals surface area contributed by atoms with Crippen molar-refractivity contribution in [1.29, 1.82) is 0 Å². The molecule has 5 aliphatic carbocycles. The van der Waals surface area contributed by atoms with Crippen molar-refractivity contribution in [3.63, 3.8) is 0 Å². The lowest BCUT2D eigenvalue weighted by Crippen LogP contribution is -2.60. The number of hydrogen-bond donors (Lipinski definition) is 4. The van der Waals surface area contributed by atoms with E-state index in [1.165, 1.54) is 0 Å². The summed E-state index contributed by atoms with van der Waals surface area (Å²) in [5.41, 5.74) is -2.93. The molecule has 5 fully saturated rings. The van der Waals surface area contributed by atoms with E-state index in [1.54, 1.807) is 13.8 Å². The van der Waals surface area contributed by atoms with Crippen LogP contribution in [0.3, 0.4) is 0 Å². The second-order valence-electron chi connectivity index (χ2n) is 15.0. The Bertz CT molecular complexity index is 952. The number of carboxylic acids is 1. The average molecular weight is 505 g/mol. The van der Waals surface area contributed by atoms with E-state index >= 15 is 0 Å². The average Bonchev–Trinajstić information content (AvgIpc) is 3.36. The van der Waals surface area contributed by atoms with Crippen molar-refractivity contribution in [2.45, 2.75) is 124 Å². The molecular weight excluding hydrogens is 456 g/mol. The third-order valence-electron chi connectivity index (χ3n) is 13.1. The lowest BCUT2D eigenvalue weighted by atomic mass is 9.41. The Kier molecular flexibility index (Phi) is 5.76. The third kappa shape index (κ3) is 3.07. The van der Waals surface area contributed by atoms with Crippen LogP contribution < -0.4 is 0 Å². The van der Waals surface area contributed by atoms with Crippen LogP contribution in [0, 0.1) is 50.7 Å². The van der Waals surface area contributed by atoms with Gasteiger partial charge in [-0.1, -0.05) is 27.7 Å². The number of carbonyl (C=O) groups excluding carboxylic acids is 1. The minimum absolute atomic E-state index is 0.0132. The third-order valence-corrected chi connectivity index (χ3v) is 13.1. The van der Waals surface area contributed by atoms with Gasteiger partial charge in [0, 0.05) is 11.8 Å². The quantitative estimate of drug-likeness (QED) is 0.421. The molecule has 4 N–H and O–H groups in total. The molecule has 0 aromatic carbocycles. The number of fused-ring (bicyclic) bond motifs is 2. The molecule has 6 heteroatoms. The van der Waals surface area contributed by atoms with Gasteiger partial charge < -0.3 is 20.4 Å². The molecular formula is C30H48O6. The van der Waals surface area contributed by atoms with E-state index in [9.17, 15) is 30.0 Å². The first-order valence-electron chi connectivity index (χ1n) is 14.4. The second kappa shape index (κ2) is 7.79. The maximum Gasteiger partial charge on any atom is 0.310 e. The summed E-state index contributed by atoms with van der Waals surface area (Å²) in [6, 6.07) is 0. The molecule has 0 aromatic rings. The zero-order valence-corrected chi connectivity index (χ0v) is 23.1. The molecule has 36 heavy (non-hydrogen) atoms. The Balaban J connectivity index is 1.48. The lowest BCUT2D eigenvalue weighted by molar-refractivity contribution is -0.190. The van der Waals surface area contributed by atoms with Crippen LogP contribution in [-0.2, 0) is 9.59 Å². The lowest BCUT2D eigenvalue weighted by Gasteiger charge is -2.61. The van der Waals surface area contributed by atoms with Gasteiger partial charge in [-0.2, -0.15) is 0 Å². The fourth-order valence-corrected chi connectivity index (χ4v) is 11.3. The van der Waals surface area contributed by atoms with E-state index in [2.05, 4.69) is 27.7 Å². The minimum Gasteiger partial charge on any atom is -0.481 e. The van der Waals surface area contributed by atoms with Crippen LogP contribution in [0.4, 0.5) is 0 Å². The van der Waals surface area contributed by atoms with Crippen molar-refractivity contribution in [1.82, 2.24) is 0 Å². The highest BCUT2D eigenvalue weighted by atomic mass is 16.4. The summed E-state index contributed by atoms with van der Waals surface area (Å²) in [6.45, 7) is 11.7. The Morgan fingerprint density at radius 2 is 1.67 bits per heavy atom. The van der Waals surface area contributed by atoms with E-state index in [4.69, 9.17) is 0 Å². The van der Waals surface area contributed by atoms with Crippen molar-refractivity contribution < 1.29 is 30.0 Å². The maximum atomic E-state index is 13.4. The van der Waals surface area contributed by atoms with Crippen LogP contribution in [0.15, 0.2) is 0 Å². The molecule has 5 saturated carbocycles. The van der Waals surface area contributed by atoms with Gasteiger partial charge in [0.05, 0.1) is 23.2 Å². The van der Waals surface area contributed by atoms with Crippen LogP contribution in [0.25, 0.3) is 0 Å². The fourth-order valence-electron chi connectivity index (χ4n) is 11.3. The van der Waals surface area contributed by atoms with E-state index in [-0.39, 0.29) is 34.0 Å². The van der Waals surface area contributed by atoms with Crippen LogP contribution in [0.2, 0.25) is 0 Å². The highest BCUT2D eigenvalue weighted by Gasteiger charge is 2.85. The van der Waals surface area contributed by atoms with Gasteiger partial charge in [0.2, 0.25) is 0 Å². The summed E-state index contributed by atoms with van der Waals surface area (Å²) in [6.07, 6.45) is 5.90. The first-order chi connectivity index (χ1) is 16.5. The number of aliphatic hydroxyl groups is 3. The molecule has 0 saturated heterocycles. The molecule has 0 aromatic heterocycles. The number of ketones is 1. The van der Waals surface area contributed by atoms with Crippen molar-refractivity contribution >= 4 is 11.8 Å². The number of hydrogen-bond acceptors (Lipinski definition) is 5. The second-order valence-corrected chi connectivity index (χ2v) is 15.0. The fraction of sp³-hybridized carbons (Fsp3) is 0.933. The van der Waals surface area contributed by atoms with E-state index in [1.807, 2.05) is 0 Å². The highest BCUT2D eigenvalue weighted by molar-refractivity contribution is 5.86. The van der Waals surface area contributed by atoms with Gasteiger partial charge in [-0.25, -0.2) is 0 Å². The molecule has 5 aliphatic rings. The first kappa shape index (κ1) is 26.6. The van der Waals surface area contributed by atoms with E-state index < -0.39 is 34.6 Å². The molecule has 6 nitrogen and oxygen atoms in total. The minimum atomic E-state index is -1.19. The molecule has 204 valence electrons. The zero-order chi connectivity index (χ0) is 26.7. The topological polar surface area (TPSA) is 115 Å². The maximum absolute atomic E-state index is 13.4. The van der Waals surface area contributed by atoms with Gasteiger partial charge in [0.1, 0.15) is 5.78 Å². The number of aliphatic hydroxyl groups excluding tert-OH is 2. The predicted molar refractivity (Wildman–Crippen MR) is 136 cm³/mol. The van der Waals surface area contributed by atoms with Crippen LogP contribution in [0.1, 0.15) is 106 Å². The summed E-state index contributed by atoms with van der Waals surface area (Å²) >= 11 is 0. The van der Waals surface area contributed by atoms with Gasteiger partial charge in [-0.15, -0.1) is 0 Å². The zero-order valence-electron chi connectivity index (χ0n) is 23.1. The summed E-state index contributed by atoms with van der Waals surface area (Å²) in [5.74, 6) is -0.126. The number of aliphatic carboxylic acids is 1. The van der Waals surface area contributed by atoms with Crippen molar-refractivity contribution in [3.05, 3.63) is 0 Å².